The monoisotopic (exact) mass is 1690 g/mol. The van der Waals surface area contributed by atoms with Gasteiger partial charge in [0, 0.05) is 67.3 Å². The van der Waals surface area contributed by atoms with Crippen LogP contribution in [0.2, 0.25) is 0 Å². The van der Waals surface area contributed by atoms with Gasteiger partial charge >= 0.3 is 18.0 Å². The third-order valence-corrected chi connectivity index (χ3v) is 19.9. The Kier molecular flexibility index (Phi) is 40.0. The summed E-state index contributed by atoms with van der Waals surface area (Å²) in [5, 5.41) is 66.8. The smallest absolute Gasteiger partial charge is 0.345 e. The summed E-state index contributed by atoms with van der Waals surface area (Å²) in [6.07, 6.45) is -1.87. The van der Waals surface area contributed by atoms with Gasteiger partial charge in [0.2, 0.25) is 65.0 Å². The molecule has 652 valence electrons. The van der Waals surface area contributed by atoms with E-state index < -0.39 is 188 Å². The quantitative estimate of drug-likeness (QED) is 0.0170. The van der Waals surface area contributed by atoms with E-state index in [0.717, 1.165) is 11.6 Å². The summed E-state index contributed by atoms with van der Waals surface area (Å²) in [5.41, 5.74) is 31.5. The average Bonchev–Trinajstić information content (AvgIpc) is 1.63. The molecule has 0 spiro atoms. The second-order valence-corrected chi connectivity index (χ2v) is 29.8. The molecule has 0 bridgehead atoms. The number of aliphatic hydroxyl groups is 2. The molecule has 13 amide bonds. The average molecular weight is 1690 g/mol. The maximum absolute atomic E-state index is 15.0. The molecule has 40 nitrogen and oxygen atoms in total. The molecule has 1 saturated heterocycles. The Morgan fingerprint density at radius 1 is 0.658 bits per heavy atom. The molecule has 25 N–H and O–H groups in total. The molecule has 41 heteroatoms. The molecule has 0 aliphatic carbocycles. The number of aliphatic hydroxyl groups excluding tert-OH is 2. The lowest BCUT2D eigenvalue weighted by atomic mass is 10.00. The molecule has 6 rings (SSSR count). The number of nitrogens with one attached hydrogen (secondary N) is 12. The Morgan fingerprint density at radius 3 is 1.88 bits per heavy atom. The zero-order chi connectivity index (χ0) is 88.1. The first-order valence-electron chi connectivity index (χ1n) is 39.3. The van der Waals surface area contributed by atoms with E-state index in [1.165, 1.54) is 30.6 Å². The largest absolute Gasteiger partial charge is 0.480 e. The number of fused-ring (bicyclic) bond motifs is 1. The summed E-state index contributed by atoms with van der Waals surface area (Å²) in [7, 11) is 1.50. The minimum Gasteiger partial charge on any atom is -0.480 e. The first kappa shape index (κ1) is 97.0. The van der Waals surface area contributed by atoms with E-state index in [4.69, 9.17) is 38.5 Å². The number of carbonyl (C=O) groups is 15. The summed E-state index contributed by atoms with van der Waals surface area (Å²) in [4.78, 5) is 215. The van der Waals surface area contributed by atoms with E-state index in [2.05, 4.69) is 68.8 Å². The first-order chi connectivity index (χ1) is 57.3. The number of benzene rings is 3. The van der Waals surface area contributed by atoms with Crippen LogP contribution in [0.3, 0.4) is 0 Å². The highest BCUT2D eigenvalue weighted by Crippen LogP contribution is 2.34. The fourth-order valence-electron chi connectivity index (χ4n) is 12.3. The maximum Gasteiger partial charge on any atom is 0.345 e. The number of carboxylic acids is 1. The molecule has 1 fully saturated rings. The van der Waals surface area contributed by atoms with Crippen LogP contribution in [0.5, 0.6) is 0 Å². The van der Waals surface area contributed by atoms with E-state index in [9.17, 15) is 87.2 Å². The minimum atomic E-state index is -1.84. The van der Waals surface area contributed by atoms with Crippen LogP contribution in [0.25, 0.3) is 23.1 Å². The highest BCUT2D eigenvalue weighted by Gasteiger charge is 2.38. The SMILES string of the molecule is CNC(=O)c1ccccc1Sc1ccc2c(/C=C/c3ccccn3)nn(C(=O)N(CCNC(=O)CC[C@H](N)C(=O)O)CCOC(=O)CCC(=O)N[C@H](C(=O)N[C@@H](CCN)C(=O)N[C@H]3CCNC(=O)[C@H]([C@@H](C)O)NC(=O)[C@H](CCN)NC(=O)[C@H](CCN)NC(=O)[C@H](CC(C)C)NC(=O)[C@@H](Cc4ccccc4)NC(=O)[C@H](CCN)NC3=O)[C@@H](C)O)c2c1. The predicted molar refractivity (Wildman–Crippen MR) is 440 cm³/mol. The van der Waals surface area contributed by atoms with E-state index in [-0.39, 0.29) is 109 Å². The summed E-state index contributed by atoms with van der Waals surface area (Å²) < 4.78 is 6.64. The second kappa shape index (κ2) is 49.5. The van der Waals surface area contributed by atoms with Gasteiger partial charge in [-0.3, -0.25) is 72.1 Å². The van der Waals surface area contributed by atoms with Crippen molar-refractivity contribution in [3.8, 4) is 0 Å². The Balaban J connectivity index is 1.21. The number of esters is 1. The molecule has 5 aromatic rings. The van der Waals surface area contributed by atoms with Crippen LogP contribution >= 0.6 is 11.8 Å². The molecule has 1 aliphatic rings. The number of amides is 13. The topological polar surface area (TPSA) is 634 Å². The number of carboxylic acid groups (broad SMARTS) is 1. The predicted octanol–water partition coefficient (Wildman–Crippen LogP) is -3.66. The van der Waals surface area contributed by atoms with Gasteiger partial charge in [-0.1, -0.05) is 74.1 Å². The van der Waals surface area contributed by atoms with Crippen molar-refractivity contribution in [1.82, 2.24) is 83.5 Å². The number of aliphatic carboxylic acids is 1. The Morgan fingerprint density at radius 2 is 1.27 bits per heavy atom. The molecule has 2 aromatic heterocycles. The van der Waals surface area contributed by atoms with E-state index >= 15 is 0 Å². The molecular weight excluding hydrogens is 1580 g/mol. The van der Waals surface area contributed by atoms with Crippen LogP contribution in [-0.4, -0.2) is 262 Å². The fourth-order valence-corrected chi connectivity index (χ4v) is 13.3. The number of aromatic nitrogens is 3. The summed E-state index contributed by atoms with van der Waals surface area (Å²) in [6.45, 7) is 3.14. The number of nitrogens with two attached hydrogens (primary N) is 5. The van der Waals surface area contributed by atoms with Gasteiger partial charge in [0.1, 0.15) is 67.0 Å². The molecule has 120 heavy (non-hydrogen) atoms. The number of pyridine rings is 1. The highest BCUT2D eigenvalue weighted by atomic mass is 32.2. The Hall–Kier alpha value is -11.9. The molecule has 3 heterocycles. The molecule has 0 unspecified atom stereocenters. The second-order valence-electron chi connectivity index (χ2n) is 28.7. The molecular formula is C79H111N21O19S. The van der Waals surface area contributed by atoms with Gasteiger partial charge in [-0.05, 0) is 151 Å². The van der Waals surface area contributed by atoms with Crippen molar-refractivity contribution in [2.24, 2.45) is 34.6 Å². The summed E-state index contributed by atoms with van der Waals surface area (Å²) in [5.74, 6) is -13.4. The maximum atomic E-state index is 15.0. The van der Waals surface area contributed by atoms with Gasteiger partial charge in [0.15, 0.2) is 0 Å². The number of hydrogen-bond donors (Lipinski definition) is 20. The zero-order valence-corrected chi connectivity index (χ0v) is 68.3. The van der Waals surface area contributed by atoms with Gasteiger partial charge in [0.25, 0.3) is 5.91 Å². The van der Waals surface area contributed by atoms with Crippen LogP contribution in [-0.2, 0) is 73.5 Å². The van der Waals surface area contributed by atoms with E-state index in [1.54, 1.807) is 123 Å². The first-order valence-corrected chi connectivity index (χ1v) is 40.1. The van der Waals surface area contributed by atoms with Crippen molar-refractivity contribution in [3.05, 3.63) is 120 Å². The van der Waals surface area contributed by atoms with Crippen LogP contribution < -0.4 is 92.5 Å². The van der Waals surface area contributed by atoms with Crippen molar-refractivity contribution in [1.29, 1.82) is 0 Å². The van der Waals surface area contributed by atoms with Crippen LogP contribution in [0.15, 0.2) is 107 Å². The number of nitrogens with zero attached hydrogens (tertiary/aromatic N) is 4. The normalized spacial score (nSPS) is 19.2. The molecule has 1 aliphatic heterocycles. The van der Waals surface area contributed by atoms with Crippen molar-refractivity contribution < 1.29 is 92.0 Å². The molecule has 0 radical (unpaired) electrons. The van der Waals surface area contributed by atoms with Gasteiger partial charge in [0.05, 0.1) is 47.6 Å². The standard InChI is InChI=1S/C79H111N21O19S/c1-44(2)41-59-74(112)91-54(26-31-80)69(107)90-57(29-34-83)73(111)97-66(45(3)101)76(114)88-36-30-58(72(110)89-55(27-32-81)71(109)95-60(75(113)94-59)42-47-13-7-6-8-14-47)92-70(108)56(28-33-82)93-77(115)67(46(4)102)96-64(104)24-25-65(105)119-40-39-99(38-37-87-63(103)23-21-52(84)78(116)117)79(118)100-61-43-49(120-62-17-10-9-16-51(62)68(106)85-5)19-20-50(61)53(98-100)22-18-48-15-11-12-35-86-48/h6-20,22,35,43-46,52,54-60,66-67,101-102H,21,23-34,36-42,80-84H2,1-5H3,(H,85,106)(H,87,103)(H,88,114)(H,89,110)(H,90,107)(H,91,112)(H,92,108)(H,93,115)(H,94,113)(H,95,109)(H,96,104)(H,97,111)(H,116,117)/b22-18+/t45-,46-,52+,54+,55+,56+,57+,58+,59+,60-,66+,67+/m1/s1. The van der Waals surface area contributed by atoms with Crippen LogP contribution in [0.4, 0.5) is 4.79 Å². The summed E-state index contributed by atoms with van der Waals surface area (Å²) in [6, 6.07) is 9.50. The zero-order valence-electron chi connectivity index (χ0n) is 67.5. The third-order valence-electron chi connectivity index (χ3n) is 18.8. The van der Waals surface area contributed by atoms with Crippen LogP contribution in [0.1, 0.15) is 119 Å². The molecule has 3 aromatic carbocycles. The number of carbonyl (C=O) groups excluding carboxylic acids is 14. The minimum absolute atomic E-state index is 0.00700. The lowest BCUT2D eigenvalue weighted by molar-refractivity contribution is -0.145. The molecule has 12 atom stereocenters. The van der Waals surface area contributed by atoms with Gasteiger partial charge in [-0.15, -0.1) is 0 Å². The van der Waals surface area contributed by atoms with E-state index in [0.29, 0.717) is 43.2 Å². The lowest BCUT2D eigenvalue weighted by Crippen LogP contribution is -2.61. The number of ether oxygens (including phenoxy) is 1. The van der Waals surface area contributed by atoms with Crippen molar-refractivity contribution in [3.63, 3.8) is 0 Å². The Bertz CT molecular complexity index is 4380. The summed E-state index contributed by atoms with van der Waals surface area (Å²) >= 11 is 1.25. The number of hydrogen-bond acceptors (Lipinski definition) is 26. The number of rotatable bonds is 37. The Labute approximate surface area is 697 Å². The van der Waals surface area contributed by atoms with Gasteiger partial charge < -0.3 is 117 Å². The molecule has 0 saturated carbocycles. The van der Waals surface area contributed by atoms with Crippen molar-refractivity contribution in [2.45, 2.75) is 181 Å². The highest BCUT2D eigenvalue weighted by molar-refractivity contribution is 7.99. The third kappa shape index (κ3) is 30.8. The van der Waals surface area contributed by atoms with Crippen molar-refractivity contribution >= 4 is 124 Å². The fraction of sp³-hybridized carbons (Fsp3) is 0.481. The van der Waals surface area contributed by atoms with Crippen LogP contribution in [0, 0.1) is 5.92 Å². The van der Waals surface area contributed by atoms with Gasteiger partial charge in [-0.25, -0.2) is 4.79 Å². The van der Waals surface area contributed by atoms with Gasteiger partial charge in [-0.2, -0.15) is 9.78 Å². The lowest BCUT2D eigenvalue weighted by Gasteiger charge is -2.28. The van der Waals surface area contributed by atoms with Crippen molar-refractivity contribution in [2.75, 3.05) is 66.0 Å². The van der Waals surface area contributed by atoms with E-state index in [1.807, 2.05) is 0 Å².